The van der Waals surface area contributed by atoms with Gasteiger partial charge in [0.2, 0.25) is 5.91 Å². The Hall–Kier alpha value is -3.74. The number of benzene rings is 3. The molecule has 5 rings (SSSR count). The van der Waals surface area contributed by atoms with E-state index in [9.17, 15) is 18.8 Å². The molecule has 1 fully saturated rings. The first kappa shape index (κ1) is 21.1. The van der Waals surface area contributed by atoms with Gasteiger partial charge in [0.25, 0.3) is 11.8 Å². The summed E-state index contributed by atoms with van der Waals surface area (Å²) in [6.45, 7) is 0.833. The molecule has 33 heavy (non-hydrogen) atoms. The summed E-state index contributed by atoms with van der Waals surface area (Å²) in [4.78, 5) is 39.1. The maximum Gasteiger partial charge on any atom is 0.256 e. The average Bonchev–Trinajstić information content (AvgIpc) is 2.83. The minimum absolute atomic E-state index is 0.00593. The highest BCUT2D eigenvalue weighted by molar-refractivity contribution is 5.99. The van der Waals surface area contributed by atoms with Crippen LogP contribution in [0.5, 0.6) is 0 Å². The van der Waals surface area contributed by atoms with Crippen LogP contribution in [-0.4, -0.2) is 41.8 Å². The van der Waals surface area contributed by atoms with E-state index in [0.717, 1.165) is 29.2 Å². The van der Waals surface area contributed by atoms with Crippen LogP contribution < -0.4 is 10.6 Å². The van der Waals surface area contributed by atoms with Gasteiger partial charge in [0.05, 0.1) is 5.56 Å². The van der Waals surface area contributed by atoms with Crippen molar-refractivity contribution in [1.29, 1.82) is 0 Å². The van der Waals surface area contributed by atoms with Gasteiger partial charge >= 0.3 is 0 Å². The molecule has 1 unspecified atom stereocenters. The summed E-state index contributed by atoms with van der Waals surface area (Å²) in [5.41, 5.74) is 1.77. The quantitative estimate of drug-likeness (QED) is 0.642. The van der Waals surface area contributed by atoms with Gasteiger partial charge in [0, 0.05) is 36.8 Å². The largest absolute Gasteiger partial charge is 0.348 e. The molecule has 0 spiro atoms. The van der Waals surface area contributed by atoms with E-state index in [1.165, 1.54) is 6.07 Å². The van der Waals surface area contributed by atoms with Crippen LogP contribution in [-0.2, 0) is 11.2 Å². The molecular weight excluding hydrogens is 421 g/mol. The molecule has 3 amide bonds. The first-order valence-corrected chi connectivity index (χ1v) is 11.2. The lowest BCUT2D eigenvalue weighted by Crippen LogP contribution is -2.49. The zero-order valence-electron chi connectivity index (χ0n) is 18.1. The van der Waals surface area contributed by atoms with Crippen molar-refractivity contribution >= 4 is 34.2 Å². The van der Waals surface area contributed by atoms with Crippen molar-refractivity contribution in [3.63, 3.8) is 0 Å². The van der Waals surface area contributed by atoms with Crippen LogP contribution in [0.3, 0.4) is 0 Å². The van der Waals surface area contributed by atoms with E-state index in [-0.39, 0.29) is 23.4 Å². The zero-order chi connectivity index (χ0) is 22.9. The van der Waals surface area contributed by atoms with Crippen LogP contribution in [0, 0.1) is 5.82 Å². The predicted molar refractivity (Wildman–Crippen MR) is 124 cm³/mol. The number of hydrogen-bond donors (Lipinski definition) is 2. The molecule has 0 aliphatic carbocycles. The summed E-state index contributed by atoms with van der Waals surface area (Å²) in [5, 5.41) is 7.74. The number of halogens is 1. The molecule has 0 radical (unpaired) electrons. The molecule has 2 aliphatic rings. The Morgan fingerprint density at radius 1 is 1.03 bits per heavy atom. The molecule has 6 nitrogen and oxygen atoms in total. The maximum absolute atomic E-state index is 14.7. The molecule has 0 aromatic heterocycles. The first-order chi connectivity index (χ1) is 16.0. The number of aryl methyl sites for hydroxylation is 1. The number of amides is 3. The van der Waals surface area contributed by atoms with Crippen molar-refractivity contribution in [1.82, 2.24) is 10.2 Å². The van der Waals surface area contributed by atoms with Crippen molar-refractivity contribution in [2.75, 3.05) is 18.4 Å². The van der Waals surface area contributed by atoms with Gasteiger partial charge < -0.3 is 15.5 Å². The van der Waals surface area contributed by atoms with E-state index in [1.807, 2.05) is 36.4 Å². The summed E-state index contributed by atoms with van der Waals surface area (Å²) >= 11 is 0. The van der Waals surface area contributed by atoms with Crippen molar-refractivity contribution in [2.45, 2.75) is 31.7 Å². The highest BCUT2D eigenvalue weighted by atomic mass is 19.1. The highest BCUT2D eigenvalue weighted by Gasteiger charge is 2.28. The fraction of sp³-hybridized carbons (Fsp3) is 0.269. The van der Waals surface area contributed by atoms with Crippen LogP contribution in [0.2, 0.25) is 0 Å². The summed E-state index contributed by atoms with van der Waals surface area (Å²) in [5.74, 6) is -1.38. The third-order valence-electron chi connectivity index (χ3n) is 6.37. The number of hydrogen-bond acceptors (Lipinski definition) is 3. The van der Waals surface area contributed by atoms with Crippen molar-refractivity contribution in [3.05, 3.63) is 77.1 Å². The molecule has 2 aliphatic heterocycles. The van der Waals surface area contributed by atoms with Gasteiger partial charge in [-0.3, -0.25) is 14.4 Å². The molecule has 0 saturated carbocycles. The number of likely N-dealkylation sites (tertiary alicyclic amines) is 1. The maximum atomic E-state index is 14.7. The van der Waals surface area contributed by atoms with Crippen LogP contribution in [0.15, 0.2) is 54.6 Å². The molecule has 168 valence electrons. The molecule has 7 heteroatoms. The monoisotopic (exact) mass is 445 g/mol. The first-order valence-electron chi connectivity index (χ1n) is 11.2. The fourth-order valence-corrected chi connectivity index (χ4v) is 4.62. The van der Waals surface area contributed by atoms with E-state index < -0.39 is 11.7 Å². The second kappa shape index (κ2) is 8.65. The Balaban J connectivity index is 1.29. The Bertz CT molecular complexity index is 1270. The lowest BCUT2D eigenvalue weighted by molar-refractivity contribution is -0.116. The minimum atomic E-state index is -0.650. The second-order valence-electron chi connectivity index (χ2n) is 8.66. The molecule has 2 N–H and O–H groups in total. The fourth-order valence-electron chi connectivity index (χ4n) is 4.62. The number of carbonyl (C=O) groups excluding carboxylic acids is 3. The lowest BCUT2D eigenvalue weighted by atomic mass is 9.98. The molecule has 1 saturated heterocycles. The number of carbonyl (C=O) groups is 3. The molecule has 1 atom stereocenters. The van der Waals surface area contributed by atoms with Crippen LogP contribution >= 0.6 is 0 Å². The van der Waals surface area contributed by atoms with Gasteiger partial charge in [-0.2, -0.15) is 0 Å². The molecule has 3 aromatic rings. The smallest absolute Gasteiger partial charge is 0.256 e. The third kappa shape index (κ3) is 4.31. The molecule has 3 aromatic carbocycles. The number of nitrogens with one attached hydrogen (secondary N) is 2. The third-order valence-corrected chi connectivity index (χ3v) is 6.37. The molecule has 0 bridgehead atoms. The predicted octanol–water partition coefficient (Wildman–Crippen LogP) is 3.90. The number of nitrogens with zero attached hydrogens (tertiary/aromatic N) is 1. The van der Waals surface area contributed by atoms with Gasteiger partial charge in [-0.25, -0.2) is 4.39 Å². The normalized spacial score (nSPS) is 17.9. The Labute approximate surface area is 190 Å². The van der Waals surface area contributed by atoms with Gasteiger partial charge in [0.15, 0.2) is 0 Å². The van der Waals surface area contributed by atoms with Gasteiger partial charge in [-0.15, -0.1) is 0 Å². The van der Waals surface area contributed by atoms with Crippen LogP contribution in [0.1, 0.15) is 45.5 Å². The average molecular weight is 445 g/mol. The number of fused-ring (bicyclic) bond motifs is 2. The van der Waals surface area contributed by atoms with E-state index in [4.69, 9.17) is 0 Å². The number of rotatable bonds is 3. The second-order valence-corrected chi connectivity index (χ2v) is 8.66. The van der Waals surface area contributed by atoms with E-state index in [1.54, 1.807) is 17.0 Å². The van der Waals surface area contributed by atoms with Gasteiger partial charge in [-0.05, 0) is 59.9 Å². The van der Waals surface area contributed by atoms with Crippen molar-refractivity contribution in [2.24, 2.45) is 0 Å². The summed E-state index contributed by atoms with van der Waals surface area (Å²) in [6.07, 6.45) is 2.27. The van der Waals surface area contributed by atoms with E-state index in [2.05, 4.69) is 10.6 Å². The molecule has 2 heterocycles. The topological polar surface area (TPSA) is 78.5 Å². The van der Waals surface area contributed by atoms with Crippen molar-refractivity contribution < 1.29 is 18.8 Å². The summed E-state index contributed by atoms with van der Waals surface area (Å²) in [7, 11) is 0. The molecular formula is C26H24FN3O3. The van der Waals surface area contributed by atoms with E-state index >= 15 is 0 Å². The van der Waals surface area contributed by atoms with Gasteiger partial charge in [-0.1, -0.05) is 30.3 Å². The summed E-state index contributed by atoms with van der Waals surface area (Å²) in [6, 6.07) is 16.0. The number of anilines is 1. The highest BCUT2D eigenvalue weighted by Crippen LogP contribution is 2.27. The summed E-state index contributed by atoms with van der Waals surface area (Å²) < 4.78 is 14.7. The van der Waals surface area contributed by atoms with Crippen LogP contribution in [0.4, 0.5) is 10.1 Å². The lowest BCUT2D eigenvalue weighted by Gasteiger charge is -2.33. The SMILES string of the molecule is O=C1CCc2cc(C(=O)N3CCCC(NC(=O)c4ccc5ccccc5c4)C3)c(F)cc2N1. The van der Waals surface area contributed by atoms with Crippen LogP contribution in [0.25, 0.3) is 10.8 Å². The Kier molecular flexibility index (Phi) is 5.54. The number of piperidine rings is 1. The Morgan fingerprint density at radius 3 is 2.70 bits per heavy atom. The van der Waals surface area contributed by atoms with E-state index in [0.29, 0.717) is 37.2 Å². The zero-order valence-corrected chi connectivity index (χ0v) is 18.1. The standard InChI is InChI=1S/C26H24FN3O3/c27-22-14-23-18(9-10-24(31)29-23)13-21(22)26(33)30-11-3-6-20(15-30)28-25(32)19-8-7-16-4-1-2-5-17(16)12-19/h1-2,4-5,7-8,12-14,20H,3,6,9-11,15H2,(H,28,32)(H,29,31). The Morgan fingerprint density at radius 2 is 1.85 bits per heavy atom. The van der Waals surface area contributed by atoms with Crippen molar-refractivity contribution in [3.8, 4) is 0 Å². The minimum Gasteiger partial charge on any atom is -0.348 e. The van der Waals surface area contributed by atoms with Gasteiger partial charge in [0.1, 0.15) is 5.82 Å².